The van der Waals surface area contributed by atoms with Crippen molar-refractivity contribution in [3.05, 3.63) is 66.4 Å². The number of hydrogen-bond acceptors (Lipinski definition) is 4. The van der Waals surface area contributed by atoms with E-state index in [0.717, 1.165) is 31.7 Å². The standard InChI is InChI=1S/C22H25N5O2/c1-16-5-7-20(12-17(16)2)29-21-8-6-18(13-24-21)25-22(28)27-10-3-4-19(27)14-26-11-9-23-15-26/h5-9,11-13,15,19H,3-4,10,14H2,1-2H3,(H,25,28). The molecule has 29 heavy (non-hydrogen) atoms. The van der Waals surface area contributed by atoms with Crippen molar-refractivity contribution in [3.63, 3.8) is 0 Å². The van der Waals surface area contributed by atoms with E-state index in [4.69, 9.17) is 4.74 Å². The Morgan fingerprint density at radius 2 is 2.14 bits per heavy atom. The molecule has 2 amide bonds. The smallest absolute Gasteiger partial charge is 0.322 e. The summed E-state index contributed by atoms with van der Waals surface area (Å²) in [6, 6.07) is 9.57. The van der Waals surface area contributed by atoms with Crippen LogP contribution >= 0.6 is 0 Å². The Hall–Kier alpha value is -3.35. The molecular formula is C22H25N5O2. The number of hydrogen-bond donors (Lipinski definition) is 1. The van der Waals surface area contributed by atoms with Gasteiger partial charge in [-0.25, -0.2) is 14.8 Å². The lowest BCUT2D eigenvalue weighted by molar-refractivity contribution is 0.201. The summed E-state index contributed by atoms with van der Waals surface area (Å²) < 4.78 is 7.82. The van der Waals surface area contributed by atoms with E-state index >= 15 is 0 Å². The number of carbonyl (C=O) groups excluding carboxylic acids is 1. The van der Waals surface area contributed by atoms with Crippen LogP contribution in [0, 0.1) is 13.8 Å². The lowest BCUT2D eigenvalue weighted by Crippen LogP contribution is -2.40. The van der Waals surface area contributed by atoms with Gasteiger partial charge in [-0.15, -0.1) is 0 Å². The Bertz CT molecular complexity index is 969. The molecule has 7 heteroatoms. The third-order valence-corrected chi connectivity index (χ3v) is 5.31. The zero-order valence-electron chi connectivity index (χ0n) is 16.7. The summed E-state index contributed by atoms with van der Waals surface area (Å²) >= 11 is 0. The predicted molar refractivity (Wildman–Crippen MR) is 111 cm³/mol. The monoisotopic (exact) mass is 391 g/mol. The Labute approximate surface area is 170 Å². The Kier molecular flexibility index (Phi) is 5.46. The second kappa shape index (κ2) is 8.34. The molecule has 4 rings (SSSR count). The number of aryl methyl sites for hydroxylation is 2. The quantitative estimate of drug-likeness (QED) is 0.700. The van der Waals surface area contributed by atoms with E-state index in [0.29, 0.717) is 11.6 Å². The molecule has 0 aliphatic carbocycles. The van der Waals surface area contributed by atoms with Gasteiger partial charge in [0.2, 0.25) is 5.88 Å². The van der Waals surface area contributed by atoms with Crippen LogP contribution in [0.3, 0.4) is 0 Å². The largest absolute Gasteiger partial charge is 0.439 e. The van der Waals surface area contributed by atoms with E-state index in [-0.39, 0.29) is 12.1 Å². The highest BCUT2D eigenvalue weighted by Gasteiger charge is 2.29. The van der Waals surface area contributed by atoms with Crippen LogP contribution in [0.4, 0.5) is 10.5 Å². The van der Waals surface area contributed by atoms with Gasteiger partial charge in [-0.2, -0.15) is 0 Å². The first-order chi connectivity index (χ1) is 14.1. The van der Waals surface area contributed by atoms with Gasteiger partial charge >= 0.3 is 6.03 Å². The lowest BCUT2D eigenvalue weighted by Gasteiger charge is -2.25. The Morgan fingerprint density at radius 3 is 2.86 bits per heavy atom. The van der Waals surface area contributed by atoms with Crippen molar-refractivity contribution >= 4 is 11.7 Å². The Morgan fingerprint density at radius 1 is 1.24 bits per heavy atom. The number of aromatic nitrogens is 3. The molecule has 0 saturated carbocycles. The van der Waals surface area contributed by atoms with Crippen LogP contribution in [0.1, 0.15) is 24.0 Å². The minimum atomic E-state index is -0.0998. The van der Waals surface area contributed by atoms with Crippen molar-refractivity contribution in [2.45, 2.75) is 39.3 Å². The van der Waals surface area contributed by atoms with Gasteiger partial charge in [-0.1, -0.05) is 6.07 Å². The summed E-state index contributed by atoms with van der Waals surface area (Å²) in [5.41, 5.74) is 3.04. The number of anilines is 1. The van der Waals surface area contributed by atoms with Crippen molar-refractivity contribution in [2.24, 2.45) is 0 Å². The zero-order valence-corrected chi connectivity index (χ0v) is 16.7. The third-order valence-electron chi connectivity index (χ3n) is 5.31. The first-order valence-corrected chi connectivity index (χ1v) is 9.83. The number of carbonyl (C=O) groups is 1. The molecule has 3 aromatic rings. The number of pyridine rings is 1. The molecule has 1 N–H and O–H groups in total. The predicted octanol–water partition coefficient (Wildman–Crippen LogP) is 4.38. The molecule has 1 fully saturated rings. The van der Waals surface area contributed by atoms with E-state index in [1.165, 1.54) is 11.1 Å². The van der Waals surface area contributed by atoms with Crippen LogP contribution in [-0.4, -0.2) is 38.1 Å². The van der Waals surface area contributed by atoms with Gasteiger partial charge in [0.1, 0.15) is 5.75 Å². The first-order valence-electron chi connectivity index (χ1n) is 9.83. The van der Waals surface area contributed by atoms with Gasteiger partial charge in [-0.3, -0.25) is 0 Å². The number of ether oxygens (including phenoxy) is 1. The number of amides is 2. The van der Waals surface area contributed by atoms with Gasteiger partial charge in [0.25, 0.3) is 0 Å². The molecule has 150 valence electrons. The number of imidazole rings is 1. The van der Waals surface area contributed by atoms with E-state index in [1.807, 2.05) is 46.9 Å². The van der Waals surface area contributed by atoms with Crippen LogP contribution in [-0.2, 0) is 6.54 Å². The van der Waals surface area contributed by atoms with Gasteiger partial charge in [-0.05, 0) is 56.0 Å². The maximum absolute atomic E-state index is 12.7. The molecule has 0 radical (unpaired) electrons. The molecule has 1 aliphatic heterocycles. The molecule has 3 heterocycles. The van der Waals surface area contributed by atoms with Gasteiger partial charge in [0, 0.05) is 31.5 Å². The molecule has 0 spiro atoms. The lowest BCUT2D eigenvalue weighted by atomic mass is 10.1. The second-order valence-electron chi connectivity index (χ2n) is 7.41. The fourth-order valence-corrected chi connectivity index (χ4v) is 3.54. The second-order valence-corrected chi connectivity index (χ2v) is 7.41. The van der Waals surface area contributed by atoms with Gasteiger partial charge in [0.05, 0.1) is 24.3 Å². The number of nitrogens with one attached hydrogen (secondary N) is 1. The summed E-state index contributed by atoms with van der Waals surface area (Å²) in [5, 5.41) is 2.95. The summed E-state index contributed by atoms with van der Waals surface area (Å²) in [5.74, 6) is 1.24. The summed E-state index contributed by atoms with van der Waals surface area (Å²) in [6.45, 7) is 5.63. The average molecular weight is 391 g/mol. The molecule has 1 unspecified atom stereocenters. The van der Waals surface area contributed by atoms with Crippen LogP contribution < -0.4 is 10.1 Å². The fourth-order valence-electron chi connectivity index (χ4n) is 3.54. The highest BCUT2D eigenvalue weighted by molar-refractivity contribution is 5.89. The topological polar surface area (TPSA) is 72.3 Å². The molecular weight excluding hydrogens is 366 g/mol. The number of nitrogens with zero attached hydrogens (tertiary/aromatic N) is 4. The van der Waals surface area contributed by atoms with Crippen LogP contribution in [0.5, 0.6) is 11.6 Å². The highest BCUT2D eigenvalue weighted by atomic mass is 16.5. The SMILES string of the molecule is Cc1ccc(Oc2ccc(NC(=O)N3CCCC3Cn3ccnc3)cn2)cc1C. The molecule has 7 nitrogen and oxygen atoms in total. The molecule has 1 aromatic carbocycles. The summed E-state index contributed by atoms with van der Waals surface area (Å²) in [4.78, 5) is 23.0. The first kappa shape index (κ1) is 19.0. The van der Waals surface area contributed by atoms with E-state index in [9.17, 15) is 4.79 Å². The van der Waals surface area contributed by atoms with Gasteiger partial charge in [0.15, 0.2) is 0 Å². The fraction of sp³-hybridized carbons (Fsp3) is 0.318. The van der Waals surface area contributed by atoms with Crippen LogP contribution in [0.25, 0.3) is 0 Å². The van der Waals surface area contributed by atoms with E-state index in [1.54, 1.807) is 24.8 Å². The van der Waals surface area contributed by atoms with Crippen molar-refractivity contribution in [1.82, 2.24) is 19.4 Å². The van der Waals surface area contributed by atoms with Crippen molar-refractivity contribution in [3.8, 4) is 11.6 Å². The minimum absolute atomic E-state index is 0.0998. The zero-order chi connectivity index (χ0) is 20.2. The molecule has 0 bridgehead atoms. The number of benzene rings is 1. The maximum Gasteiger partial charge on any atom is 0.322 e. The van der Waals surface area contributed by atoms with Gasteiger partial charge < -0.3 is 19.5 Å². The normalized spacial score (nSPS) is 16.1. The molecule has 1 saturated heterocycles. The Balaban J connectivity index is 1.36. The molecule has 1 aliphatic rings. The molecule has 1 atom stereocenters. The van der Waals surface area contributed by atoms with E-state index < -0.39 is 0 Å². The maximum atomic E-state index is 12.7. The highest BCUT2D eigenvalue weighted by Crippen LogP contribution is 2.24. The summed E-state index contributed by atoms with van der Waals surface area (Å²) in [6.07, 6.45) is 9.08. The minimum Gasteiger partial charge on any atom is -0.439 e. The van der Waals surface area contributed by atoms with Crippen molar-refractivity contribution < 1.29 is 9.53 Å². The van der Waals surface area contributed by atoms with Crippen LogP contribution in [0.2, 0.25) is 0 Å². The number of urea groups is 1. The van der Waals surface area contributed by atoms with Crippen molar-refractivity contribution in [1.29, 1.82) is 0 Å². The third kappa shape index (κ3) is 4.56. The average Bonchev–Trinajstić information content (AvgIpc) is 3.39. The summed E-state index contributed by atoms with van der Waals surface area (Å²) in [7, 11) is 0. The van der Waals surface area contributed by atoms with Crippen LogP contribution in [0.15, 0.2) is 55.2 Å². The number of rotatable bonds is 5. The number of likely N-dealkylation sites (tertiary alicyclic amines) is 1. The van der Waals surface area contributed by atoms with Crippen molar-refractivity contribution in [2.75, 3.05) is 11.9 Å². The van der Waals surface area contributed by atoms with E-state index in [2.05, 4.69) is 22.2 Å². The molecule has 2 aromatic heterocycles.